The van der Waals surface area contributed by atoms with Gasteiger partial charge in [-0.05, 0) is 19.0 Å². The number of halogens is 1. The Kier molecular flexibility index (Phi) is 3.14. The molecule has 2 amide bonds. The van der Waals surface area contributed by atoms with Crippen molar-refractivity contribution in [3.8, 4) is 0 Å². The highest BCUT2D eigenvalue weighted by Gasteiger charge is 2.40. The lowest BCUT2D eigenvalue weighted by molar-refractivity contribution is 0.184. The van der Waals surface area contributed by atoms with Crippen LogP contribution in [0.1, 0.15) is 18.0 Å². The second-order valence-electron chi connectivity index (χ2n) is 5.23. The average Bonchev–Trinajstić information content (AvgIpc) is 3.02. The molecule has 2 heterocycles. The van der Waals surface area contributed by atoms with Crippen molar-refractivity contribution < 1.29 is 9.18 Å². The van der Waals surface area contributed by atoms with Crippen molar-refractivity contribution in [1.82, 2.24) is 15.1 Å². The normalized spacial score (nSPS) is 27.4. The molecule has 2 unspecified atom stereocenters. The number of benzene rings is 1. The molecule has 3 rings (SSSR count). The first-order valence-electron chi connectivity index (χ1n) is 6.67. The number of urea groups is 1. The molecule has 4 nitrogen and oxygen atoms in total. The average molecular weight is 263 g/mol. The molecule has 19 heavy (non-hydrogen) atoms. The van der Waals surface area contributed by atoms with Crippen molar-refractivity contribution in [3.05, 3.63) is 35.6 Å². The molecule has 2 atom stereocenters. The van der Waals surface area contributed by atoms with Crippen LogP contribution in [0.3, 0.4) is 0 Å². The zero-order valence-corrected chi connectivity index (χ0v) is 11.0. The van der Waals surface area contributed by atoms with Gasteiger partial charge in [-0.25, -0.2) is 9.18 Å². The molecule has 2 aliphatic heterocycles. The van der Waals surface area contributed by atoms with E-state index in [9.17, 15) is 9.18 Å². The fourth-order valence-electron chi connectivity index (χ4n) is 2.99. The van der Waals surface area contributed by atoms with Gasteiger partial charge < -0.3 is 15.1 Å². The molecule has 2 fully saturated rings. The summed E-state index contributed by atoms with van der Waals surface area (Å²) in [6, 6.07) is 6.77. The van der Waals surface area contributed by atoms with Crippen LogP contribution in [0.5, 0.6) is 0 Å². The molecule has 0 bridgehead atoms. The predicted octanol–water partition coefficient (Wildman–Crippen LogP) is 1.60. The number of carbonyl (C=O) groups is 1. The van der Waals surface area contributed by atoms with Crippen LogP contribution in [0.4, 0.5) is 9.18 Å². The van der Waals surface area contributed by atoms with Gasteiger partial charge in [0.05, 0.1) is 6.04 Å². The van der Waals surface area contributed by atoms with E-state index in [0.29, 0.717) is 12.1 Å². The van der Waals surface area contributed by atoms with Crippen LogP contribution < -0.4 is 5.32 Å². The van der Waals surface area contributed by atoms with Crippen LogP contribution in [0.2, 0.25) is 0 Å². The Bertz CT molecular complexity index is 487. The molecule has 0 radical (unpaired) electrons. The topological polar surface area (TPSA) is 35.6 Å². The van der Waals surface area contributed by atoms with Gasteiger partial charge in [-0.2, -0.15) is 0 Å². The largest absolute Gasteiger partial charge is 0.320 e. The van der Waals surface area contributed by atoms with E-state index in [1.807, 2.05) is 11.0 Å². The lowest BCUT2D eigenvalue weighted by Gasteiger charge is -2.22. The monoisotopic (exact) mass is 263 g/mol. The smallest absolute Gasteiger partial charge is 0.319 e. The van der Waals surface area contributed by atoms with E-state index in [4.69, 9.17) is 0 Å². The Morgan fingerprint density at radius 3 is 2.84 bits per heavy atom. The number of rotatable bonds is 2. The van der Waals surface area contributed by atoms with Crippen molar-refractivity contribution in [2.45, 2.75) is 18.5 Å². The first kappa shape index (κ1) is 12.4. The lowest BCUT2D eigenvalue weighted by atomic mass is 10.1. The molecule has 102 valence electrons. The highest BCUT2D eigenvalue weighted by molar-refractivity contribution is 5.77. The molecule has 2 saturated heterocycles. The van der Waals surface area contributed by atoms with E-state index in [1.54, 1.807) is 24.1 Å². The molecular formula is C14H18FN3O. The van der Waals surface area contributed by atoms with E-state index in [-0.39, 0.29) is 23.9 Å². The molecular weight excluding hydrogens is 245 g/mol. The maximum absolute atomic E-state index is 13.9. The minimum Gasteiger partial charge on any atom is -0.319 e. The van der Waals surface area contributed by atoms with Crippen LogP contribution >= 0.6 is 0 Å². The fraction of sp³-hybridized carbons (Fsp3) is 0.500. The maximum atomic E-state index is 13.9. The number of nitrogens with zero attached hydrogens (tertiary/aromatic N) is 2. The summed E-state index contributed by atoms with van der Waals surface area (Å²) in [4.78, 5) is 15.8. The van der Waals surface area contributed by atoms with Gasteiger partial charge in [0.25, 0.3) is 0 Å². The Balaban J connectivity index is 1.84. The third-order valence-corrected chi connectivity index (χ3v) is 4.12. The first-order chi connectivity index (χ1) is 9.18. The van der Waals surface area contributed by atoms with Crippen LogP contribution in [0, 0.1) is 5.82 Å². The van der Waals surface area contributed by atoms with Gasteiger partial charge in [-0.1, -0.05) is 18.2 Å². The number of likely N-dealkylation sites (N-methyl/N-ethyl adjacent to an activating group) is 1. The summed E-state index contributed by atoms with van der Waals surface area (Å²) >= 11 is 0. The van der Waals surface area contributed by atoms with Gasteiger partial charge >= 0.3 is 6.03 Å². The van der Waals surface area contributed by atoms with Crippen LogP contribution in [0.25, 0.3) is 0 Å². The fourth-order valence-corrected chi connectivity index (χ4v) is 2.99. The highest BCUT2D eigenvalue weighted by Crippen LogP contribution is 2.31. The molecule has 0 aromatic heterocycles. The Morgan fingerprint density at radius 1 is 1.37 bits per heavy atom. The summed E-state index contributed by atoms with van der Waals surface area (Å²) in [5.41, 5.74) is 0.604. The molecule has 1 N–H and O–H groups in total. The second kappa shape index (κ2) is 4.81. The molecule has 0 spiro atoms. The van der Waals surface area contributed by atoms with Crippen LogP contribution in [0.15, 0.2) is 24.3 Å². The summed E-state index contributed by atoms with van der Waals surface area (Å²) in [5, 5.41) is 3.26. The highest BCUT2D eigenvalue weighted by atomic mass is 19.1. The van der Waals surface area contributed by atoms with E-state index >= 15 is 0 Å². The van der Waals surface area contributed by atoms with Crippen molar-refractivity contribution in [1.29, 1.82) is 0 Å². The summed E-state index contributed by atoms with van der Waals surface area (Å²) in [6.07, 6.45) is 0.976. The number of hydrogen-bond acceptors (Lipinski definition) is 2. The van der Waals surface area contributed by atoms with Gasteiger partial charge in [0, 0.05) is 31.7 Å². The van der Waals surface area contributed by atoms with Gasteiger partial charge in [-0.15, -0.1) is 0 Å². The summed E-state index contributed by atoms with van der Waals surface area (Å²) < 4.78 is 13.9. The first-order valence-corrected chi connectivity index (χ1v) is 6.67. The number of nitrogens with one attached hydrogen (secondary N) is 1. The van der Waals surface area contributed by atoms with Crippen LogP contribution in [-0.2, 0) is 0 Å². The molecule has 0 aliphatic carbocycles. The Labute approximate surface area is 112 Å². The third-order valence-electron chi connectivity index (χ3n) is 4.12. The minimum atomic E-state index is -0.237. The molecule has 5 heteroatoms. The molecule has 1 aromatic carbocycles. The lowest BCUT2D eigenvalue weighted by Crippen LogP contribution is -2.39. The van der Waals surface area contributed by atoms with Crippen molar-refractivity contribution in [2.75, 3.05) is 26.7 Å². The Morgan fingerprint density at radius 2 is 2.16 bits per heavy atom. The molecule has 0 saturated carbocycles. The molecule has 2 aliphatic rings. The number of carbonyl (C=O) groups excluding carboxylic acids is 1. The quantitative estimate of drug-likeness (QED) is 0.879. The summed E-state index contributed by atoms with van der Waals surface area (Å²) in [5.74, 6) is -0.237. The predicted molar refractivity (Wildman–Crippen MR) is 70.3 cm³/mol. The van der Waals surface area contributed by atoms with E-state index in [2.05, 4.69) is 5.32 Å². The van der Waals surface area contributed by atoms with Crippen molar-refractivity contribution in [3.63, 3.8) is 0 Å². The molecule has 1 aromatic rings. The van der Waals surface area contributed by atoms with E-state index < -0.39 is 0 Å². The summed E-state index contributed by atoms with van der Waals surface area (Å²) in [6.45, 7) is 2.36. The van der Waals surface area contributed by atoms with Crippen molar-refractivity contribution in [2.24, 2.45) is 0 Å². The van der Waals surface area contributed by atoms with Crippen LogP contribution in [-0.4, -0.2) is 48.6 Å². The maximum Gasteiger partial charge on any atom is 0.320 e. The zero-order chi connectivity index (χ0) is 13.4. The van der Waals surface area contributed by atoms with E-state index in [0.717, 1.165) is 19.5 Å². The second-order valence-corrected chi connectivity index (χ2v) is 5.23. The SMILES string of the molecule is CN1C(=O)N(C2CCNC2)CC1c1ccccc1F. The number of hydrogen-bond donors (Lipinski definition) is 1. The van der Waals surface area contributed by atoms with Crippen molar-refractivity contribution >= 4 is 6.03 Å². The van der Waals surface area contributed by atoms with Gasteiger partial charge in [0.15, 0.2) is 0 Å². The zero-order valence-electron chi connectivity index (χ0n) is 11.0. The van der Waals surface area contributed by atoms with Gasteiger partial charge in [0.2, 0.25) is 0 Å². The summed E-state index contributed by atoms with van der Waals surface area (Å²) in [7, 11) is 1.75. The van der Waals surface area contributed by atoms with E-state index in [1.165, 1.54) is 6.07 Å². The van der Waals surface area contributed by atoms with Gasteiger partial charge in [0.1, 0.15) is 5.82 Å². The minimum absolute atomic E-state index is 0.00181. The standard InChI is InChI=1S/C14H18FN3O/c1-17-13(11-4-2-3-5-12(11)15)9-18(14(17)19)10-6-7-16-8-10/h2-5,10,13,16H,6-9H2,1H3. The third kappa shape index (κ3) is 2.08. The Hall–Kier alpha value is -1.62. The number of amides is 2. The van der Waals surface area contributed by atoms with Gasteiger partial charge in [-0.3, -0.25) is 0 Å².